The van der Waals surface area contributed by atoms with E-state index in [0.29, 0.717) is 11.6 Å². The smallest absolute Gasteiger partial charge is 0.0928 e. The monoisotopic (exact) mass is 255 g/mol. The minimum Gasteiger partial charge on any atom is -0.396 e. The predicted molar refractivity (Wildman–Crippen MR) is 68.0 cm³/mol. The van der Waals surface area contributed by atoms with Gasteiger partial charge in [0.2, 0.25) is 0 Å². The Labute approximate surface area is 106 Å². The first-order valence-corrected chi connectivity index (χ1v) is 6.29. The van der Waals surface area contributed by atoms with Crippen molar-refractivity contribution in [3.8, 4) is 0 Å². The van der Waals surface area contributed by atoms with Crippen LogP contribution in [0.25, 0.3) is 0 Å². The van der Waals surface area contributed by atoms with E-state index in [4.69, 9.17) is 16.7 Å². The number of rotatable bonds is 6. The molecule has 0 amide bonds. The highest BCUT2D eigenvalue weighted by Crippen LogP contribution is 2.44. The molecule has 1 aromatic rings. The largest absolute Gasteiger partial charge is 0.396 e. The Morgan fingerprint density at radius 3 is 2.65 bits per heavy atom. The molecule has 0 heterocycles. The lowest BCUT2D eigenvalue weighted by molar-refractivity contribution is 0.162. The third kappa shape index (κ3) is 3.19. The summed E-state index contributed by atoms with van der Waals surface area (Å²) in [7, 11) is 0. The number of nitrogens with one attached hydrogen (secondary N) is 1. The Kier molecular flexibility index (Phi) is 4.05. The molecule has 1 unspecified atom stereocenters. The summed E-state index contributed by atoms with van der Waals surface area (Å²) in [6, 6.07) is 7.31. The fourth-order valence-corrected chi connectivity index (χ4v) is 2.16. The predicted octanol–water partition coefficient (Wildman–Crippen LogP) is 1.74. The van der Waals surface area contributed by atoms with Crippen LogP contribution in [-0.2, 0) is 0 Å². The molecule has 1 aliphatic rings. The summed E-state index contributed by atoms with van der Waals surface area (Å²) in [4.78, 5) is 0. The Morgan fingerprint density at radius 2 is 2.06 bits per heavy atom. The molecule has 0 spiro atoms. The van der Waals surface area contributed by atoms with Gasteiger partial charge >= 0.3 is 0 Å². The van der Waals surface area contributed by atoms with Gasteiger partial charge in [0.05, 0.1) is 6.10 Å². The van der Waals surface area contributed by atoms with Gasteiger partial charge in [-0.2, -0.15) is 0 Å². The van der Waals surface area contributed by atoms with Crippen LogP contribution < -0.4 is 5.32 Å². The summed E-state index contributed by atoms with van der Waals surface area (Å²) in [6.45, 7) is 1.44. The average Bonchev–Trinajstić information content (AvgIpc) is 3.10. The van der Waals surface area contributed by atoms with E-state index >= 15 is 0 Å². The van der Waals surface area contributed by atoms with Gasteiger partial charge in [-0.1, -0.05) is 29.8 Å². The molecule has 4 heteroatoms. The van der Waals surface area contributed by atoms with E-state index in [0.717, 1.165) is 24.9 Å². The zero-order chi connectivity index (χ0) is 12.3. The van der Waals surface area contributed by atoms with Crippen LogP contribution in [-0.4, -0.2) is 29.9 Å². The highest BCUT2D eigenvalue weighted by atomic mass is 35.5. The third-order valence-electron chi connectivity index (χ3n) is 3.39. The lowest BCUT2D eigenvalue weighted by Gasteiger charge is -2.16. The second-order valence-corrected chi connectivity index (χ2v) is 5.23. The SMILES string of the molecule is OCC1(CNCC(O)c2ccccc2Cl)CC1. The molecule has 0 saturated heterocycles. The maximum Gasteiger partial charge on any atom is 0.0928 e. The Hall–Kier alpha value is -0.610. The Bertz CT molecular complexity index is 379. The molecule has 0 aromatic heterocycles. The van der Waals surface area contributed by atoms with Gasteiger partial charge in [-0.15, -0.1) is 0 Å². The number of halogens is 1. The van der Waals surface area contributed by atoms with Crippen LogP contribution in [0, 0.1) is 5.41 Å². The summed E-state index contributed by atoms with van der Waals surface area (Å²) < 4.78 is 0. The van der Waals surface area contributed by atoms with Gasteiger partial charge in [0.1, 0.15) is 0 Å². The minimum absolute atomic E-state index is 0.0696. The van der Waals surface area contributed by atoms with E-state index in [1.165, 1.54) is 0 Å². The molecule has 0 aliphatic heterocycles. The molecule has 3 N–H and O–H groups in total. The fraction of sp³-hybridized carbons (Fsp3) is 0.538. The van der Waals surface area contributed by atoms with Gasteiger partial charge in [-0.05, 0) is 18.9 Å². The number of hydrogen-bond acceptors (Lipinski definition) is 3. The molecule has 94 valence electrons. The highest BCUT2D eigenvalue weighted by Gasteiger charge is 2.41. The van der Waals surface area contributed by atoms with Crippen molar-refractivity contribution >= 4 is 11.6 Å². The molecule has 2 rings (SSSR count). The normalized spacial score (nSPS) is 19.0. The van der Waals surface area contributed by atoms with E-state index in [2.05, 4.69) is 5.32 Å². The second kappa shape index (κ2) is 5.36. The topological polar surface area (TPSA) is 52.5 Å². The molecule has 1 atom stereocenters. The number of benzene rings is 1. The number of aliphatic hydroxyl groups excluding tert-OH is 2. The minimum atomic E-state index is -0.599. The van der Waals surface area contributed by atoms with Crippen molar-refractivity contribution in [3.05, 3.63) is 34.9 Å². The molecule has 17 heavy (non-hydrogen) atoms. The lowest BCUT2D eigenvalue weighted by Crippen LogP contribution is -2.30. The molecule has 1 fully saturated rings. The summed E-state index contributed by atoms with van der Waals surface area (Å²) in [6.07, 6.45) is 1.54. The standard InChI is InChI=1S/C13H18ClNO2/c14-11-4-2-1-3-10(11)12(17)7-15-8-13(9-16)5-6-13/h1-4,12,15-17H,5-9H2. The van der Waals surface area contributed by atoms with Gasteiger partial charge in [-0.3, -0.25) is 0 Å². The van der Waals surface area contributed by atoms with E-state index < -0.39 is 6.10 Å². The molecule has 1 saturated carbocycles. The molecule has 0 bridgehead atoms. The van der Waals surface area contributed by atoms with Gasteiger partial charge in [0, 0.05) is 35.7 Å². The summed E-state index contributed by atoms with van der Waals surface area (Å²) in [5, 5.41) is 22.9. The fourth-order valence-electron chi connectivity index (χ4n) is 1.90. The summed E-state index contributed by atoms with van der Waals surface area (Å²) in [5.74, 6) is 0. The maximum absolute atomic E-state index is 9.98. The number of aliphatic hydroxyl groups is 2. The molecule has 1 aromatic carbocycles. The summed E-state index contributed by atoms with van der Waals surface area (Å²) >= 11 is 6.00. The first-order valence-electron chi connectivity index (χ1n) is 5.91. The first-order chi connectivity index (χ1) is 8.17. The Balaban J connectivity index is 1.81. The maximum atomic E-state index is 9.98. The molecular weight excluding hydrogens is 238 g/mol. The first kappa shape index (κ1) is 12.8. The van der Waals surface area contributed by atoms with E-state index in [9.17, 15) is 5.11 Å². The van der Waals surface area contributed by atoms with Crippen LogP contribution in [0.1, 0.15) is 24.5 Å². The van der Waals surface area contributed by atoms with Crippen LogP contribution in [0.2, 0.25) is 5.02 Å². The van der Waals surface area contributed by atoms with Gasteiger partial charge in [0.15, 0.2) is 0 Å². The highest BCUT2D eigenvalue weighted by molar-refractivity contribution is 6.31. The van der Waals surface area contributed by atoms with Gasteiger partial charge < -0.3 is 15.5 Å². The molecular formula is C13H18ClNO2. The van der Waals surface area contributed by atoms with Crippen LogP contribution in [0.4, 0.5) is 0 Å². The molecule has 1 aliphatic carbocycles. The van der Waals surface area contributed by atoms with Crippen molar-refractivity contribution in [1.82, 2.24) is 5.32 Å². The van der Waals surface area contributed by atoms with E-state index in [1.807, 2.05) is 18.2 Å². The van der Waals surface area contributed by atoms with Crippen LogP contribution in [0.3, 0.4) is 0 Å². The van der Waals surface area contributed by atoms with E-state index in [-0.39, 0.29) is 12.0 Å². The van der Waals surface area contributed by atoms with E-state index in [1.54, 1.807) is 6.07 Å². The van der Waals surface area contributed by atoms with Gasteiger partial charge in [-0.25, -0.2) is 0 Å². The zero-order valence-corrected chi connectivity index (χ0v) is 10.5. The third-order valence-corrected chi connectivity index (χ3v) is 3.74. The van der Waals surface area contributed by atoms with Gasteiger partial charge in [0.25, 0.3) is 0 Å². The van der Waals surface area contributed by atoms with Crippen molar-refractivity contribution in [2.24, 2.45) is 5.41 Å². The Morgan fingerprint density at radius 1 is 1.35 bits per heavy atom. The van der Waals surface area contributed by atoms with Crippen molar-refractivity contribution in [1.29, 1.82) is 0 Å². The zero-order valence-electron chi connectivity index (χ0n) is 9.69. The molecule has 0 radical (unpaired) electrons. The number of hydrogen-bond donors (Lipinski definition) is 3. The lowest BCUT2D eigenvalue weighted by atomic mass is 10.1. The van der Waals surface area contributed by atoms with Crippen molar-refractivity contribution in [2.75, 3.05) is 19.7 Å². The van der Waals surface area contributed by atoms with Crippen molar-refractivity contribution in [2.45, 2.75) is 18.9 Å². The average molecular weight is 256 g/mol. The van der Waals surface area contributed by atoms with Crippen molar-refractivity contribution < 1.29 is 10.2 Å². The summed E-state index contributed by atoms with van der Waals surface area (Å²) in [5.41, 5.74) is 0.815. The molecule has 3 nitrogen and oxygen atoms in total. The van der Waals surface area contributed by atoms with Crippen LogP contribution in [0.5, 0.6) is 0 Å². The van der Waals surface area contributed by atoms with Crippen LogP contribution >= 0.6 is 11.6 Å². The van der Waals surface area contributed by atoms with Crippen molar-refractivity contribution in [3.63, 3.8) is 0 Å². The second-order valence-electron chi connectivity index (χ2n) is 4.83. The quantitative estimate of drug-likeness (QED) is 0.726. The van der Waals surface area contributed by atoms with Crippen LogP contribution in [0.15, 0.2) is 24.3 Å².